The van der Waals surface area contributed by atoms with Gasteiger partial charge in [0, 0.05) is 38.8 Å². The SMILES string of the molecule is CN1CCN(CCCN(CCO)C2CC2)CC1. The van der Waals surface area contributed by atoms with Gasteiger partial charge in [0.2, 0.25) is 0 Å². The summed E-state index contributed by atoms with van der Waals surface area (Å²) in [5.74, 6) is 0. The van der Waals surface area contributed by atoms with E-state index < -0.39 is 0 Å². The molecule has 0 aromatic rings. The summed E-state index contributed by atoms with van der Waals surface area (Å²) in [5, 5.41) is 9.03. The Hall–Kier alpha value is -0.160. The number of rotatable bonds is 7. The van der Waals surface area contributed by atoms with E-state index in [1.807, 2.05) is 0 Å². The van der Waals surface area contributed by atoms with Gasteiger partial charge in [-0.05, 0) is 39.4 Å². The highest BCUT2D eigenvalue weighted by Gasteiger charge is 2.28. The zero-order chi connectivity index (χ0) is 12.1. The molecular formula is C13H27N3O. The van der Waals surface area contributed by atoms with Crippen molar-refractivity contribution in [3.05, 3.63) is 0 Å². The molecule has 2 fully saturated rings. The lowest BCUT2D eigenvalue weighted by Gasteiger charge is -2.32. The van der Waals surface area contributed by atoms with E-state index in [-0.39, 0.29) is 0 Å². The maximum atomic E-state index is 9.03. The summed E-state index contributed by atoms with van der Waals surface area (Å²) >= 11 is 0. The van der Waals surface area contributed by atoms with Gasteiger partial charge < -0.3 is 14.9 Å². The summed E-state index contributed by atoms with van der Waals surface area (Å²) in [5.41, 5.74) is 0. The molecule has 1 heterocycles. The smallest absolute Gasteiger partial charge is 0.0558 e. The van der Waals surface area contributed by atoms with E-state index in [1.54, 1.807) is 0 Å². The molecule has 0 aromatic heterocycles. The highest BCUT2D eigenvalue weighted by atomic mass is 16.3. The normalized spacial score (nSPS) is 23.5. The van der Waals surface area contributed by atoms with Crippen LogP contribution in [0.5, 0.6) is 0 Å². The highest BCUT2D eigenvalue weighted by molar-refractivity contribution is 4.84. The van der Waals surface area contributed by atoms with E-state index in [9.17, 15) is 0 Å². The number of likely N-dealkylation sites (N-methyl/N-ethyl adjacent to an activating group) is 1. The van der Waals surface area contributed by atoms with Gasteiger partial charge in [0.1, 0.15) is 0 Å². The van der Waals surface area contributed by atoms with Gasteiger partial charge in [-0.1, -0.05) is 0 Å². The van der Waals surface area contributed by atoms with Crippen molar-refractivity contribution in [2.24, 2.45) is 0 Å². The van der Waals surface area contributed by atoms with Gasteiger partial charge in [-0.15, -0.1) is 0 Å². The third kappa shape index (κ3) is 4.54. The summed E-state index contributed by atoms with van der Waals surface area (Å²) in [7, 11) is 2.20. The van der Waals surface area contributed by atoms with Crippen LogP contribution in [0.1, 0.15) is 19.3 Å². The van der Waals surface area contributed by atoms with E-state index in [2.05, 4.69) is 21.7 Å². The molecule has 2 rings (SSSR count). The first-order valence-electron chi connectivity index (χ1n) is 7.05. The lowest BCUT2D eigenvalue weighted by molar-refractivity contribution is 0.139. The lowest BCUT2D eigenvalue weighted by atomic mass is 10.3. The zero-order valence-electron chi connectivity index (χ0n) is 11.1. The van der Waals surface area contributed by atoms with Crippen LogP contribution in [0.2, 0.25) is 0 Å². The Bertz CT molecular complexity index is 213. The predicted molar refractivity (Wildman–Crippen MR) is 70.2 cm³/mol. The fourth-order valence-electron chi connectivity index (χ4n) is 2.61. The second kappa shape index (κ2) is 6.69. The van der Waals surface area contributed by atoms with Crippen LogP contribution in [0.3, 0.4) is 0 Å². The molecule has 1 N–H and O–H groups in total. The summed E-state index contributed by atoms with van der Waals surface area (Å²) in [4.78, 5) is 7.44. The molecule has 0 amide bonds. The van der Waals surface area contributed by atoms with Crippen molar-refractivity contribution in [2.75, 3.05) is 59.5 Å². The Balaban J connectivity index is 1.58. The first-order valence-corrected chi connectivity index (χ1v) is 7.05. The first kappa shape index (κ1) is 13.3. The van der Waals surface area contributed by atoms with E-state index in [0.717, 1.165) is 19.1 Å². The van der Waals surface area contributed by atoms with Crippen molar-refractivity contribution in [3.63, 3.8) is 0 Å². The largest absolute Gasteiger partial charge is 0.395 e. The third-order valence-electron chi connectivity index (χ3n) is 3.97. The van der Waals surface area contributed by atoms with Crippen LogP contribution in [0, 0.1) is 0 Å². The zero-order valence-corrected chi connectivity index (χ0v) is 11.1. The van der Waals surface area contributed by atoms with Crippen molar-refractivity contribution < 1.29 is 5.11 Å². The number of aliphatic hydroxyl groups is 1. The van der Waals surface area contributed by atoms with Crippen molar-refractivity contribution in [2.45, 2.75) is 25.3 Å². The molecule has 0 spiro atoms. The third-order valence-corrected chi connectivity index (χ3v) is 3.97. The van der Waals surface area contributed by atoms with E-state index in [4.69, 9.17) is 5.11 Å². The van der Waals surface area contributed by atoms with Gasteiger partial charge in [-0.25, -0.2) is 0 Å². The Morgan fingerprint density at radius 1 is 1.12 bits per heavy atom. The molecule has 4 nitrogen and oxygen atoms in total. The van der Waals surface area contributed by atoms with Crippen LogP contribution >= 0.6 is 0 Å². The van der Waals surface area contributed by atoms with Crippen LogP contribution in [0.4, 0.5) is 0 Å². The fourth-order valence-corrected chi connectivity index (χ4v) is 2.61. The van der Waals surface area contributed by atoms with Crippen LogP contribution in [-0.4, -0.2) is 85.3 Å². The molecule has 1 saturated heterocycles. The van der Waals surface area contributed by atoms with Gasteiger partial charge in [-0.2, -0.15) is 0 Å². The summed E-state index contributed by atoms with van der Waals surface area (Å²) in [6.45, 7) is 8.43. The predicted octanol–water partition coefficient (Wildman–Crippen LogP) is 0.0806. The van der Waals surface area contributed by atoms with Gasteiger partial charge in [-0.3, -0.25) is 4.90 Å². The van der Waals surface area contributed by atoms with Crippen molar-refractivity contribution in [1.82, 2.24) is 14.7 Å². The molecule has 0 radical (unpaired) electrons. The second-order valence-corrected chi connectivity index (χ2v) is 5.49. The molecule has 100 valence electrons. The van der Waals surface area contributed by atoms with Gasteiger partial charge in [0.15, 0.2) is 0 Å². The lowest BCUT2D eigenvalue weighted by Crippen LogP contribution is -2.45. The standard InChI is InChI=1S/C13H27N3O/c1-14-7-9-15(10-8-14)5-2-6-16(11-12-17)13-3-4-13/h13,17H,2-12H2,1H3. The number of hydrogen-bond donors (Lipinski definition) is 1. The monoisotopic (exact) mass is 241 g/mol. The Labute approximate surface area is 105 Å². The Morgan fingerprint density at radius 2 is 1.82 bits per heavy atom. The number of aliphatic hydroxyl groups excluding tert-OH is 1. The minimum atomic E-state index is 0.311. The molecule has 0 bridgehead atoms. The highest BCUT2D eigenvalue weighted by Crippen LogP contribution is 2.26. The number of nitrogens with zero attached hydrogens (tertiary/aromatic N) is 3. The number of hydrogen-bond acceptors (Lipinski definition) is 4. The van der Waals surface area contributed by atoms with Crippen molar-refractivity contribution in [1.29, 1.82) is 0 Å². The Morgan fingerprint density at radius 3 is 2.41 bits per heavy atom. The fraction of sp³-hybridized carbons (Fsp3) is 1.00. The maximum absolute atomic E-state index is 9.03. The van der Waals surface area contributed by atoms with E-state index >= 15 is 0 Å². The molecule has 4 heteroatoms. The maximum Gasteiger partial charge on any atom is 0.0558 e. The summed E-state index contributed by atoms with van der Waals surface area (Å²) in [6, 6.07) is 0.787. The summed E-state index contributed by atoms with van der Waals surface area (Å²) < 4.78 is 0. The van der Waals surface area contributed by atoms with Gasteiger partial charge in [0.05, 0.1) is 6.61 Å². The topological polar surface area (TPSA) is 30.0 Å². The van der Waals surface area contributed by atoms with E-state index in [1.165, 1.54) is 52.0 Å². The molecule has 1 aliphatic carbocycles. The molecule has 1 aliphatic heterocycles. The van der Waals surface area contributed by atoms with Crippen LogP contribution in [0.25, 0.3) is 0 Å². The minimum absolute atomic E-state index is 0.311. The molecule has 0 atom stereocenters. The van der Waals surface area contributed by atoms with Crippen LogP contribution in [0.15, 0.2) is 0 Å². The van der Waals surface area contributed by atoms with Crippen molar-refractivity contribution in [3.8, 4) is 0 Å². The molecule has 2 aliphatic rings. The van der Waals surface area contributed by atoms with Crippen LogP contribution < -0.4 is 0 Å². The van der Waals surface area contributed by atoms with Gasteiger partial charge in [0.25, 0.3) is 0 Å². The van der Waals surface area contributed by atoms with Crippen LogP contribution in [-0.2, 0) is 0 Å². The van der Waals surface area contributed by atoms with Gasteiger partial charge >= 0.3 is 0 Å². The van der Waals surface area contributed by atoms with Crippen molar-refractivity contribution >= 4 is 0 Å². The first-order chi connectivity index (χ1) is 8.29. The molecule has 1 saturated carbocycles. The number of piperazine rings is 1. The summed E-state index contributed by atoms with van der Waals surface area (Å²) in [6.07, 6.45) is 3.93. The van der Waals surface area contributed by atoms with E-state index in [0.29, 0.717) is 6.61 Å². The molecule has 17 heavy (non-hydrogen) atoms. The molecule has 0 unspecified atom stereocenters. The average Bonchev–Trinajstić information content (AvgIpc) is 3.15. The quantitative estimate of drug-likeness (QED) is 0.684. The second-order valence-electron chi connectivity index (χ2n) is 5.49. The minimum Gasteiger partial charge on any atom is -0.395 e. The average molecular weight is 241 g/mol. The molecule has 0 aromatic carbocycles. The Kier molecular flexibility index (Phi) is 5.22. The molecular weight excluding hydrogens is 214 g/mol.